The summed E-state index contributed by atoms with van der Waals surface area (Å²) in [6.45, 7) is 1.68. The molecule has 4 rings (SSSR count). The van der Waals surface area contributed by atoms with Crippen LogP contribution in [0.15, 0.2) is 35.4 Å². The average molecular weight is 451 g/mol. The molecule has 0 spiro atoms. The number of benzene rings is 1. The lowest BCUT2D eigenvalue weighted by atomic mass is 10.1. The molecule has 160 valence electrons. The number of sulfonamides is 1. The van der Waals surface area contributed by atoms with E-state index in [2.05, 4.69) is 15.0 Å². The van der Waals surface area contributed by atoms with E-state index in [1.165, 1.54) is 38.3 Å². The predicted octanol–water partition coefficient (Wildman–Crippen LogP) is 3.02. The highest BCUT2D eigenvalue weighted by Gasteiger charge is 2.26. The van der Waals surface area contributed by atoms with Gasteiger partial charge in [0.1, 0.15) is 10.6 Å². The van der Waals surface area contributed by atoms with Crippen LogP contribution in [0.4, 0.5) is 10.5 Å². The second-order valence-electron chi connectivity index (χ2n) is 7.53. The van der Waals surface area contributed by atoms with E-state index in [0.717, 1.165) is 11.3 Å². The number of methoxy groups -OCH3 is 1. The minimum atomic E-state index is -3.94. The topological polar surface area (TPSA) is 101 Å². The number of anilines is 1. The maximum Gasteiger partial charge on any atom is 0.317 e. The quantitative estimate of drug-likeness (QED) is 0.704. The molecule has 2 heterocycles. The van der Waals surface area contributed by atoms with Crippen LogP contribution in [0.25, 0.3) is 0 Å². The third-order valence-electron chi connectivity index (χ3n) is 5.23. The van der Waals surface area contributed by atoms with Crippen molar-refractivity contribution in [1.82, 2.24) is 15.2 Å². The number of halogens is 1. The summed E-state index contributed by atoms with van der Waals surface area (Å²) in [6, 6.07) is 6.02. The first-order chi connectivity index (χ1) is 14.4. The van der Waals surface area contributed by atoms with Crippen LogP contribution in [0.2, 0.25) is 5.02 Å². The van der Waals surface area contributed by atoms with Crippen LogP contribution in [-0.2, 0) is 23.0 Å². The van der Waals surface area contributed by atoms with E-state index in [0.29, 0.717) is 37.7 Å². The van der Waals surface area contributed by atoms with Crippen molar-refractivity contribution in [2.24, 2.45) is 5.92 Å². The lowest BCUT2D eigenvalue weighted by Crippen LogP contribution is -2.43. The van der Waals surface area contributed by atoms with Crippen molar-refractivity contribution in [2.45, 2.75) is 30.7 Å². The van der Waals surface area contributed by atoms with Gasteiger partial charge in [0.2, 0.25) is 0 Å². The molecular weight excluding hydrogens is 428 g/mol. The zero-order valence-electron chi connectivity index (χ0n) is 16.5. The Hall–Kier alpha value is -2.52. The molecule has 2 amide bonds. The van der Waals surface area contributed by atoms with Crippen LogP contribution in [0.5, 0.6) is 5.75 Å². The Labute approximate surface area is 180 Å². The van der Waals surface area contributed by atoms with Gasteiger partial charge in [-0.1, -0.05) is 11.6 Å². The standard InChI is InChI=1S/C20H23ClN4O4S/c1-29-18-5-4-15(21)9-19(18)30(27,28)24-16-8-14-12-25(7-6-17(14)22-11-16)20(26)23-10-13-2-3-13/h4-5,8-9,11,13,24H,2-3,6-7,10,12H2,1H3,(H,23,26). The Morgan fingerprint density at radius 3 is 2.87 bits per heavy atom. The zero-order chi connectivity index (χ0) is 21.3. The molecule has 0 bridgehead atoms. The van der Waals surface area contributed by atoms with E-state index in [4.69, 9.17) is 16.3 Å². The molecule has 0 atom stereocenters. The second kappa shape index (κ2) is 8.31. The van der Waals surface area contributed by atoms with Crippen LogP contribution < -0.4 is 14.8 Å². The molecule has 0 saturated heterocycles. The minimum Gasteiger partial charge on any atom is -0.495 e. The first kappa shape index (κ1) is 20.7. The second-order valence-corrected chi connectivity index (χ2v) is 9.62. The molecule has 1 aliphatic heterocycles. The number of pyridine rings is 1. The van der Waals surface area contributed by atoms with Crippen molar-refractivity contribution in [1.29, 1.82) is 0 Å². The Morgan fingerprint density at radius 2 is 2.13 bits per heavy atom. The lowest BCUT2D eigenvalue weighted by molar-refractivity contribution is 0.191. The van der Waals surface area contributed by atoms with E-state index in [-0.39, 0.29) is 21.7 Å². The first-order valence-corrected chi connectivity index (χ1v) is 11.6. The number of rotatable bonds is 6. The largest absolute Gasteiger partial charge is 0.495 e. The van der Waals surface area contributed by atoms with Gasteiger partial charge < -0.3 is 15.0 Å². The summed E-state index contributed by atoms with van der Waals surface area (Å²) in [7, 11) is -2.54. The number of carbonyl (C=O) groups is 1. The number of ether oxygens (including phenoxy) is 1. The van der Waals surface area contributed by atoms with Gasteiger partial charge >= 0.3 is 6.03 Å². The van der Waals surface area contributed by atoms with Crippen LogP contribution in [-0.4, -0.2) is 44.5 Å². The fourth-order valence-corrected chi connectivity index (χ4v) is 4.86. The van der Waals surface area contributed by atoms with Crippen LogP contribution in [0.3, 0.4) is 0 Å². The van der Waals surface area contributed by atoms with Crippen LogP contribution in [0, 0.1) is 5.92 Å². The summed E-state index contributed by atoms with van der Waals surface area (Å²) in [6.07, 6.45) is 4.46. The normalized spacial score (nSPS) is 16.0. The molecule has 1 fully saturated rings. The fraction of sp³-hybridized carbons (Fsp3) is 0.400. The van der Waals surface area contributed by atoms with Crippen molar-refractivity contribution in [3.63, 3.8) is 0 Å². The number of urea groups is 1. The van der Waals surface area contributed by atoms with E-state index in [9.17, 15) is 13.2 Å². The molecule has 0 radical (unpaired) electrons. The molecule has 2 aliphatic rings. The van der Waals surface area contributed by atoms with E-state index in [1.54, 1.807) is 17.0 Å². The Morgan fingerprint density at radius 1 is 1.33 bits per heavy atom. The summed E-state index contributed by atoms with van der Waals surface area (Å²) in [5.41, 5.74) is 2.00. The SMILES string of the molecule is COc1ccc(Cl)cc1S(=O)(=O)Nc1cnc2c(c1)CN(C(=O)NCC1CC1)CC2. The van der Waals surface area contributed by atoms with Gasteiger partial charge in [-0.2, -0.15) is 0 Å². The summed E-state index contributed by atoms with van der Waals surface area (Å²) >= 11 is 5.97. The van der Waals surface area contributed by atoms with Gasteiger partial charge in [-0.25, -0.2) is 13.2 Å². The van der Waals surface area contributed by atoms with E-state index >= 15 is 0 Å². The van der Waals surface area contributed by atoms with Gasteiger partial charge in [0.25, 0.3) is 10.0 Å². The average Bonchev–Trinajstić information content (AvgIpc) is 3.55. The van der Waals surface area contributed by atoms with Gasteiger partial charge in [-0.15, -0.1) is 0 Å². The van der Waals surface area contributed by atoms with Gasteiger partial charge in [-0.3, -0.25) is 9.71 Å². The Balaban J connectivity index is 1.51. The molecular formula is C20H23ClN4O4S. The number of nitrogens with one attached hydrogen (secondary N) is 2. The van der Waals surface area contributed by atoms with Crippen molar-refractivity contribution in [3.05, 3.63) is 46.7 Å². The zero-order valence-corrected chi connectivity index (χ0v) is 18.1. The van der Waals surface area contributed by atoms with Crippen LogP contribution >= 0.6 is 11.6 Å². The minimum absolute atomic E-state index is 0.0590. The maximum absolute atomic E-state index is 12.9. The third kappa shape index (κ3) is 4.62. The lowest BCUT2D eigenvalue weighted by Gasteiger charge is -2.28. The molecule has 1 saturated carbocycles. The van der Waals surface area contributed by atoms with Crippen molar-refractivity contribution < 1.29 is 17.9 Å². The maximum atomic E-state index is 12.9. The van der Waals surface area contributed by atoms with Crippen LogP contribution in [0.1, 0.15) is 24.1 Å². The Kier molecular flexibility index (Phi) is 5.75. The number of aromatic nitrogens is 1. The molecule has 1 aliphatic carbocycles. The van der Waals surface area contributed by atoms with Crippen molar-refractivity contribution in [2.75, 3.05) is 24.9 Å². The molecule has 2 aromatic rings. The van der Waals surface area contributed by atoms with Gasteiger partial charge in [0, 0.05) is 36.8 Å². The first-order valence-electron chi connectivity index (χ1n) is 9.72. The molecule has 1 aromatic carbocycles. The number of hydrogen-bond donors (Lipinski definition) is 2. The molecule has 0 unspecified atom stereocenters. The number of amides is 2. The number of fused-ring (bicyclic) bond motifs is 1. The van der Waals surface area contributed by atoms with Crippen molar-refractivity contribution >= 4 is 33.3 Å². The summed E-state index contributed by atoms with van der Waals surface area (Å²) in [4.78, 5) is 18.5. The monoisotopic (exact) mass is 450 g/mol. The van der Waals surface area contributed by atoms with Gasteiger partial charge in [0.15, 0.2) is 0 Å². The summed E-state index contributed by atoms with van der Waals surface area (Å²) in [5, 5.41) is 3.25. The highest BCUT2D eigenvalue weighted by atomic mass is 35.5. The van der Waals surface area contributed by atoms with Gasteiger partial charge in [-0.05, 0) is 48.6 Å². The smallest absolute Gasteiger partial charge is 0.317 e. The summed E-state index contributed by atoms with van der Waals surface area (Å²) in [5.74, 6) is 0.800. The molecule has 10 heteroatoms. The third-order valence-corrected chi connectivity index (χ3v) is 6.87. The summed E-state index contributed by atoms with van der Waals surface area (Å²) < 4.78 is 33.4. The number of nitrogens with zero attached hydrogens (tertiary/aromatic N) is 2. The van der Waals surface area contributed by atoms with E-state index in [1.807, 2.05) is 0 Å². The molecule has 1 aromatic heterocycles. The Bertz CT molecular complexity index is 1070. The molecule has 8 nitrogen and oxygen atoms in total. The molecule has 30 heavy (non-hydrogen) atoms. The van der Waals surface area contributed by atoms with E-state index < -0.39 is 10.0 Å². The molecule has 2 N–H and O–H groups in total. The highest BCUT2D eigenvalue weighted by molar-refractivity contribution is 7.92. The fourth-order valence-electron chi connectivity index (χ4n) is 3.39. The van der Waals surface area contributed by atoms with Gasteiger partial charge in [0.05, 0.1) is 19.0 Å². The van der Waals surface area contributed by atoms with Crippen molar-refractivity contribution in [3.8, 4) is 5.75 Å². The number of carbonyl (C=O) groups excluding carboxylic acids is 1. The highest BCUT2D eigenvalue weighted by Crippen LogP contribution is 2.30. The predicted molar refractivity (Wildman–Crippen MR) is 113 cm³/mol. The number of hydrogen-bond acceptors (Lipinski definition) is 5.